The summed E-state index contributed by atoms with van der Waals surface area (Å²) in [4.78, 5) is 21.6. The van der Waals surface area contributed by atoms with Gasteiger partial charge >= 0.3 is 13.8 Å². The summed E-state index contributed by atoms with van der Waals surface area (Å²) in [5.74, 6) is -0.438. The molecule has 0 aliphatic carbocycles. The van der Waals surface area contributed by atoms with Gasteiger partial charge in [-0.05, 0) is 6.42 Å². The molecule has 9 heteroatoms. The molecule has 1 unspecified atom stereocenters. The third kappa shape index (κ3) is 32.3. The molecule has 0 aromatic rings. The minimum absolute atomic E-state index is 0.0283. The first-order valence-electron chi connectivity index (χ1n) is 18.3. The Morgan fingerprint density at radius 1 is 0.732 bits per heavy atom. The normalized spacial score (nSPS) is 16.3. The van der Waals surface area contributed by atoms with Gasteiger partial charge in [-0.25, -0.2) is 4.57 Å². The fourth-order valence-corrected chi connectivity index (χ4v) is 4.95. The van der Waals surface area contributed by atoms with E-state index in [0.29, 0.717) is 23.9 Å². The van der Waals surface area contributed by atoms with Crippen molar-refractivity contribution in [2.45, 2.75) is 154 Å². The van der Waals surface area contributed by atoms with E-state index in [1.807, 2.05) is 21.1 Å². The summed E-state index contributed by atoms with van der Waals surface area (Å²) >= 11 is 0. The number of phosphoric ester groups is 1. The van der Waals surface area contributed by atoms with E-state index in [4.69, 9.17) is 19.3 Å². The number of hydrogen-bond donors (Lipinski definition) is 2. The minimum atomic E-state index is -4.28. The minimum Gasteiger partial charge on any atom is -0.463 e. The van der Waals surface area contributed by atoms with Crippen LogP contribution in [0.2, 0.25) is 0 Å². The van der Waals surface area contributed by atoms with Gasteiger partial charge in [0.15, 0.2) is 0 Å². The van der Waals surface area contributed by atoms with Gasteiger partial charge in [0, 0.05) is 11.9 Å². The van der Waals surface area contributed by atoms with Crippen LogP contribution in [0.25, 0.3) is 0 Å². The maximum Gasteiger partial charge on any atom is 0.472 e. The van der Waals surface area contributed by atoms with Gasteiger partial charge in [0.05, 0.1) is 27.7 Å². The van der Waals surface area contributed by atoms with Crippen molar-refractivity contribution in [1.82, 2.24) is 0 Å². The third-order valence-corrected chi connectivity index (χ3v) is 7.83. The lowest BCUT2D eigenvalue weighted by atomic mass is 10.0. The zero-order valence-corrected chi connectivity index (χ0v) is 27.8. The highest BCUT2D eigenvalue weighted by molar-refractivity contribution is 7.47. The molecular weight excluding hydrogens is 541 g/mol. The van der Waals surface area contributed by atoms with Crippen molar-refractivity contribution in [3.8, 4) is 0 Å². The maximum atomic E-state index is 11.9. The van der Waals surface area contributed by atoms with E-state index in [-0.39, 0.29) is 32.5 Å². The van der Waals surface area contributed by atoms with Crippen molar-refractivity contribution in [3.63, 3.8) is 0 Å². The zero-order chi connectivity index (χ0) is 34.2. The lowest BCUT2D eigenvalue weighted by Gasteiger charge is -2.24. The molecule has 0 fully saturated rings. The first kappa shape index (κ1) is 33.4. The molecule has 0 rings (SSSR count). The average Bonchev–Trinajstić information content (AvgIpc) is 2.94. The van der Waals surface area contributed by atoms with Crippen molar-refractivity contribution in [2.24, 2.45) is 0 Å². The van der Waals surface area contributed by atoms with E-state index in [9.17, 15) is 19.4 Å². The van der Waals surface area contributed by atoms with Gasteiger partial charge in [-0.15, -0.1) is 0 Å². The van der Waals surface area contributed by atoms with Crippen LogP contribution >= 0.6 is 7.82 Å². The fourth-order valence-electron chi connectivity index (χ4n) is 4.20. The summed E-state index contributed by atoms with van der Waals surface area (Å²) in [5.41, 5.74) is 0. The first-order valence-corrected chi connectivity index (χ1v) is 17.8. The van der Waals surface area contributed by atoms with Crippen LogP contribution in [0, 0.1) is 0 Å². The molecule has 0 aromatic heterocycles. The summed E-state index contributed by atoms with van der Waals surface area (Å²) in [6, 6.07) is 0. The number of unbranched alkanes of at least 4 members (excludes halogenated alkanes) is 15. The number of carbonyl (C=O) groups is 1. The molecule has 246 valence electrons. The monoisotopic (exact) mass is 612 g/mol. The highest BCUT2D eigenvalue weighted by Crippen LogP contribution is 2.43. The van der Waals surface area contributed by atoms with E-state index in [0.717, 1.165) is 57.8 Å². The molecule has 2 atom stereocenters. The lowest BCUT2D eigenvalue weighted by Crippen LogP contribution is -2.37. The molecule has 0 aliphatic rings. The van der Waals surface area contributed by atoms with Crippen molar-refractivity contribution in [1.29, 1.82) is 0 Å². The van der Waals surface area contributed by atoms with Crippen LogP contribution in [0.4, 0.5) is 0 Å². The van der Waals surface area contributed by atoms with Crippen LogP contribution in [0.1, 0.15) is 154 Å². The second kappa shape index (κ2) is 27.1. The van der Waals surface area contributed by atoms with Crippen molar-refractivity contribution in [3.05, 3.63) is 0 Å². The van der Waals surface area contributed by atoms with E-state index in [1.54, 1.807) is 0 Å². The molecule has 0 bridgehead atoms. The zero-order valence-electron chi connectivity index (χ0n) is 30.9. The molecule has 0 aliphatic heterocycles. The quantitative estimate of drug-likeness (QED) is 0.0351. The van der Waals surface area contributed by atoms with Gasteiger partial charge in [0.1, 0.15) is 25.9 Å². The van der Waals surface area contributed by atoms with Crippen molar-refractivity contribution < 1.29 is 43.1 Å². The highest BCUT2D eigenvalue weighted by atomic mass is 31.2. The number of likely N-dealkylation sites (N-methyl/N-ethyl adjacent to an activating group) is 1. The van der Waals surface area contributed by atoms with Crippen LogP contribution < -0.4 is 0 Å². The Kier molecular flexibility index (Phi) is 22.1. The number of carbonyl (C=O) groups excluding carboxylic acids is 1. The van der Waals surface area contributed by atoms with Gasteiger partial charge in [0.25, 0.3) is 0 Å². The molecule has 0 spiro atoms. The molecule has 41 heavy (non-hydrogen) atoms. The number of phosphoric acid groups is 1. The summed E-state index contributed by atoms with van der Waals surface area (Å²) in [6.45, 7) is 1.95. The predicted molar refractivity (Wildman–Crippen MR) is 169 cm³/mol. The Bertz CT molecular complexity index is 800. The molecule has 0 radical (unpaired) electrons. The van der Waals surface area contributed by atoms with Gasteiger partial charge in [0.2, 0.25) is 0 Å². The van der Waals surface area contributed by atoms with Crippen LogP contribution in [-0.4, -0.2) is 74.1 Å². The fraction of sp³-hybridized carbons (Fsp3) is 0.969. The largest absolute Gasteiger partial charge is 0.472 e. The van der Waals surface area contributed by atoms with Gasteiger partial charge in [-0.2, -0.15) is 0 Å². The SMILES string of the molecule is [2H]C([2H])(CCCCCCCCCCC)C([2H])([2H])CCCCCCCCCCC(=O)OC[C@@H](O)COP(=O)(O)OCC[N+](C)(C)C. The Morgan fingerprint density at radius 3 is 1.63 bits per heavy atom. The Balaban J connectivity index is 3.80. The number of quaternary nitrogens is 1. The molecule has 0 heterocycles. The number of esters is 1. The Morgan fingerprint density at radius 2 is 1.17 bits per heavy atom. The number of aliphatic hydroxyl groups is 1. The van der Waals surface area contributed by atoms with Crippen LogP contribution in [0.5, 0.6) is 0 Å². The molecule has 8 nitrogen and oxygen atoms in total. The van der Waals surface area contributed by atoms with E-state index in [2.05, 4.69) is 6.92 Å². The molecule has 2 N–H and O–H groups in total. The number of hydrogen-bond acceptors (Lipinski definition) is 6. The van der Waals surface area contributed by atoms with Gasteiger partial charge in [-0.3, -0.25) is 13.8 Å². The molecule has 0 aromatic carbocycles. The highest BCUT2D eigenvalue weighted by Gasteiger charge is 2.24. The summed E-state index contributed by atoms with van der Waals surface area (Å²) in [7, 11) is 1.47. The topological polar surface area (TPSA) is 102 Å². The lowest BCUT2D eigenvalue weighted by molar-refractivity contribution is -0.870. The van der Waals surface area contributed by atoms with Crippen molar-refractivity contribution >= 4 is 13.8 Å². The molecule has 0 saturated carbocycles. The summed E-state index contributed by atoms with van der Waals surface area (Å²) in [6.07, 6.45) is 13.5. The maximum absolute atomic E-state index is 11.9. The Hall–Kier alpha value is -0.500. The second-order valence-electron chi connectivity index (χ2n) is 12.2. The third-order valence-electron chi connectivity index (χ3n) is 6.85. The summed E-state index contributed by atoms with van der Waals surface area (Å²) in [5, 5.41) is 9.88. The number of aliphatic hydroxyl groups excluding tert-OH is 1. The Labute approximate surface area is 258 Å². The van der Waals surface area contributed by atoms with Crippen LogP contribution in [0.3, 0.4) is 0 Å². The van der Waals surface area contributed by atoms with Gasteiger partial charge in [-0.1, -0.05) is 135 Å². The van der Waals surface area contributed by atoms with E-state index < -0.39 is 39.2 Å². The molecular formula is C32H67NO7P+. The standard InChI is InChI=1S/C32H66NO7P/c1-5-6-7-8-9-10-11-12-13-14-15-16-17-18-19-20-21-22-23-24-25-26-32(35)38-29-31(34)30-40-41(36,37)39-28-27-33(2,3)4/h31,34H,5-30H2,1-4H3/p+1/t31-/m1/s1/i15D2,16D2. The van der Waals surface area contributed by atoms with E-state index in [1.165, 1.54) is 38.5 Å². The van der Waals surface area contributed by atoms with E-state index >= 15 is 0 Å². The number of rotatable bonds is 31. The number of nitrogens with zero attached hydrogens (tertiary/aromatic N) is 1. The number of ether oxygens (including phenoxy) is 1. The average molecular weight is 613 g/mol. The molecule has 0 amide bonds. The summed E-state index contributed by atoms with van der Waals surface area (Å²) < 4.78 is 60.3. The van der Waals surface area contributed by atoms with Crippen LogP contribution in [0.15, 0.2) is 0 Å². The smallest absolute Gasteiger partial charge is 0.463 e. The van der Waals surface area contributed by atoms with Crippen molar-refractivity contribution in [2.75, 3.05) is 47.5 Å². The van der Waals surface area contributed by atoms with Crippen LogP contribution in [-0.2, 0) is 23.1 Å². The predicted octanol–water partition coefficient (Wildman–Crippen LogP) is 8.33. The molecule has 0 saturated heterocycles. The second-order valence-corrected chi connectivity index (χ2v) is 13.7. The first-order chi connectivity index (χ1) is 21.0. The van der Waals surface area contributed by atoms with Gasteiger partial charge < -0.3 is 19.2 Å².